The van der Waals surface area contributed by atoms with Gasteiger partial charge >= 0.3 is 0 Å². The minimum absolute atomic E-state index is 0.0102. The number of carbonyl (C=O) groups is 1. The standard InChI is InChI=1S/C14H19N5O2/c1-9-12(17-21-16-9)13(20)19-7-11(14(2,3)8-19)10-5-15-18(4)6-10/h5-6,11H,7-8H2,1-4H3/t11-/m1/s1. The molecule has 7 nitrogen and oxygen atoms in total. The molecule has 2 aromatic rings. The van der Waals surface area contributed by atoms with Crippen molar-refractivity contribution in [2.45, 2.75) is 26.7 Å². The molecule has 112 valence electrons. The molecule has 0 aromatic carbocycles. The number of carbonyl (C=O) groups excluding carboxylic acids is 1. The Hall–Kier alpha value is -2.18. The molecule has 1 amide bonds. The third-order valence-electron chi connectivity index (χ3n) is 4.21. The molecule has 0 unspecified atom stereocenters. The van der Waals surface area contributed by atoms with Crippen molar-refractivity contribution in [2.75, 3.05) is 13.1 Å². The monoisotopic (exact) mass is 289 g/mol. The average molecular weight is 289 g/mol. The van der Waals surface area contributed by atoms with Crippen molar-refractivity contribution in [1.29, 1.82) is 0 Å². The maximum absolute atomic E-state index is 12.5. The highest BCUT2D eigenvalue weighted by atomic mass is 16.6. The smallest absolute Gasteiger partial charge is 0.278 e. The maximum atomic E-state index is 12.5. The van der Waals surface area contributed by atoms with E-state index in [4.69, 9.17) is 0 Å². The molecule has 2 aromatic heterocycles. The average Bonchev–Trinajstić information content (AvgIpc) is 3.08. The van der Waals surface area contributed by atoms with Gasteiger partial charge in [0.2, 0.25) is 0 Å². The summed E-state index contributed by atoms with van der Waals surface area (Å²) in [7, 11) is 1.90. The fourth-order valence-electron chi connectivity index (χ4n) is 3.04. The van der Waals surface area contributed by atoms with Crippen LogP contribution in [-0.2, 0) is 7.05 Å². The van der Waals surface area contributed by atoms with Crippen LogP contribution < -0.4 is 0 Å². The Bertz CT molecular complexity index is 672. The van der Waals surface area contributed by atoms with Crippen molar-refractivity contribution in [3.05, 3.63) is 29.3 Å². The normalized spacial score (nSPS) is 21.0. The van der Waals surface area contributed by atoms with Crippen LogP contribution in [0.5, 0.6) is 0 Å². The molecule has 21 heavy (non-hydrogen) atoms. The van der Waals surface area contributed by atoms with Crippen LogP contribution >= 0.6 is 0 Å². The lowest BCUT2D eigenvalue weighted by Crippen LogP contribution is -2.30. The molecule has 3 heterocycles. The highest BCUT2D eigenvalue weighted by Crippen LogP contribution is 2.42. The van der Waals surface area contributed by atoms with E-state index in [2.05, 4.69) is 33.9 Å². The number of likely N-dealkylation sites (tertiary alicyclic amines) is 1. The van der Waals surface area contributed by atoms with Gasteiger partial charge in [0.1, 0.15) is 5.69 Å². The fourth-order valence-corrected chi connectivity index (χ4v) is 3.04. The Morgan fingerprint density at radius 1 is 1.43 bits per heavy atom. The zero-order chi connectivity index (χ0) is 15.2. The Morgan fingerprint density at radius 3 is 2.76 bits per heavy atom. The number of nitrogens with zero attached hydrogens (tertiary/aromatic N) is 5. The van der Waals surface area contributed by atoms with Gasteiger partial charge in [0.25, 0.3) is 5.91 Å². The summed E-state index contributed by atoms with van der Waals surface area (Å²) < 4.78 is 6.43. The molecule has 0 N–H and O–H groups in total. The SMILES string of the molecule is Cc1nonc1C(=O)N1C[C@H](c2cnn(C)c2)C(C)(C)C1. The van der Waals surface area contributed by atoms with Crippen LogP contribution in [-0.4, -0.2) is 44.0 Å². The van der Waals surface area contributed by atoms with Crippen molar-refractivity contribution in [2.24, 2.45) is 12.5 Å². The molecule has 0 bridgehead atoms. The van der Waals surface area contributed by atoms with E-state index >= 15 is 0 Å². The summed E-state index contributed by atoms with van der Waals surface area (Å²) in [5.74, 6) is 0.142. The predicted molar refractivity (Wildman–Crippen MR) is 74.7 cm³/mol. The molecule has 0 radical (unpaired) electrons. The summed E-state index contributed by atoms with van der Waals surface area (Å²) in [5.41, 5.74) is 1.98. The molecule has 1 atom stereocenters. The Labute approximate surface area is 122 Å². The summed E-state index contributed by atoms with van der Waals surface area (Å²) >= 11 is 0. The van der Waals surface area contributed by atoms with Gasteiger partial charge in [0.15, 0.2) is 5.69 Å². The second-order valence-corrected chi connectivity index (χ2v) is 6.37. The summed E-state index contributed by atoms with van der Waals surface area (Å²) in [4.78, 5) is 14.4. The third kappa shape index (κ3) is 2.32. The molecule has 0 saturated carbocycles. The third-order valence-corrected chi connectivity index (χ3v) is 4.21. The van der Waals surface area contributed by atoms with Crippen molar-refractivity contribution < 1.29 is 9.42 Å². The second kappa shape index (κ2) is 4.68. The zero-order valence-corrected chi connectivity index (χ0v) is 12.7. The number of hydrogen-bond acceptors (Lipinski definition) is 5. The first kappa shape index (κ1) is 13.8. The molecule has 1 aliphatic rings. The minimum atomic E-state index is -0.117. The van der Waals surface area contributed by atoms with Gasteiger partial charge in [-0.15, -0.1) is 0 Å². The Balaban J connectivity index is 1.85. The van der Waals surface area contributed by atoms with Gasteiger partial charge in [-0.05, 0) is 23.1 Å². The quantitative estimate of drug-likeness (QED) is 0.834. The Morgan fingerprint density at radius 2 is 2.19 bits per heavy atom. The van der Waals surface area contributed by atoms with E-state index in [1.165, 1.54) is 0 Å². The number of rotatable bonds is 2. The number of aromatic nitrogens is 4. The first-order valence-corrected chi connectivity index (χ1v) is 6.95. The topological polar surface area (TPSA) is 77.1 Å². The van der Waals surface area contributed by atoms with Gasteiger partial charge < -0.3 is 4.90 Å². The summed E-state index contributed by atoms with van der Waals surface area (Å²) in [6.07, 6.45) is 3.90. The van der Waals surface area contributed by atoms with E-state index < -0.39 is 0 Å². The first-order valence-electron chi connectivity index (χ1n) is 6.95. The number of amides is 1. The lowest BCUT2D eigenvalue weighted by Gasteiger charge is -2.24. The molecule has 0 spiro atoms. The van der Waals surface area contributed by atoms with Crippen LogP contribution in [0.1, 0.15) is 41.5 Å². The maximum Gasteiger partial charge on any atom is 0.278 e. The van der Waals surface area contributed by atoms with Crippen molar-refractivity contribution >= 4 is 5.91 Å². The van der Waals surface area contributed by atoms with Gasteiger partial charge in [-0.2, -0.15) is 5.10 Å². The van der Waals surface area contributed by atoms with Crippen molar-refractivity contribution in [1.82, 2.24) is 25.0 Å². The lowest BCUT2D eigenvalue weighted by atomic mass is 9.79. The van der Waals surface area contributed by atoms with Gasteiger partial charge in [-0.1, -0.05) is 19.0 Å². The van der Waals surface area contributed by atoms with E-state index in [0.29, 0.717) is 24.5 Å². The number of aryl methyl sites for hydroxylation is 2. The van der Waals surface area contributed by atoms with E-state index in [1.807, 2.05) is 24.3 Å². The molecular weight excluding hydrogens is 270 g/mol. The predicted octanol–water partition coefficient (Wildman–Crippen LogP) is 1.38. The first-order chi connectivity index (χ1) is 9.88. The van der Waals surface area contributed by atoms with Gasteiger partial charge in [0.05, 0.1) is 6.20 Å². The summed E-state index contributed by atoms with van der Waals surface area (Å²) in [6.45, 7) is 7.41. The highest BCUT2D eigenvalue weighted by Gasteiger charge is 2.43. The van der Waals surface area contributed by atoms with E-state index in [0.717, 1.165) is 5.56 Å². The molecule has 7 heteroatoms. The van der Waals surface area contributed by atoms with Crippen molar-refractivity contribution in [3.8, 4) is 0 Å². The van der Waals surface area contributed by atoms with Gasteiger partial charge in [0, 0.05) is 32.3 Å². The molecule has 1 saturated heterocycles. The van der Waals surface area contributed by atoms with Crippen LogP contribution in [0.2, 0.25) is 0 Å². The molecular formula is C14H19N5O2. The van der Waals surface area contributed by atoms with Crippen molar-refractivity contribution in [3.63, 3.8) is 0 Å². The van der Waals surface area contributed by atoms with E-state index in [1.54, 1.807) is 11.6 Å². The van der Waals surface area contributed by atoms with Crippen LogP contribution in [0.4, 0.5) is 0 Å². The Kier molecular flexibility index (Phi) is 3.07. The van der Waals surface area contributed by atoms with Crippen LogP contribution in [0.3, 0.4) is 0 Å². The minimum Gasteiger partial charge on any atom is -0.336 e. The van der Waals surface area contributed by atoms with Crippen LogP contribution in [0.15, 0.2) is 17.0 Å². The summed E-state index contributed by atoms with van der Waals surface area (Å²) in [6, 6.07) is 0. The van der Waals surface area contributed by atoms with E-state index in [-0.39, 0.29) is 17.2 Å². The molecule has 1 aliphatic heterocycles. The summed E-state index contributed by atoms with van der Waals surface area (Å²) in [5, 5.41) is 11.6. The van der Waals surface area contributed by atoms with E-state index in [9.17, 15) is 4.79 Å². The molecule has 1 fully saturated rings. The van der Waals surface area contributed by atoms with Gasteiger partial charge in [-0.3, -0.25) is 9.48 Å². The van der Waals surface area contributed by atoms with Crippen LogP contribution in [0.25, 0.3) is 0 Å². The highest BCUT2D eigenvalue weighted by molar-refractivity contribution is 5.93. The second-order valence-electron chi connectivity index (χ2n) is 6.37. The lowest BCUT2D eigenvalue weighted by molar-refractivity contribution is 0.0766. The van der Waals surface area contributed by atoms with Gasteiger partial charge in [-0.25, -0.2) is 4.63 Å². The number of hydrogen-bond donors (Lipinski definition) is 0. The zero-order valence-electron chi connectivity index (χ0n) is 12.7. The largest absolute Gasteiger partial charge is 0.336 e. The van der Waals surface area contributed by atoms with Crippen LogP contribution in [0, 0.1) is 12.3 Å². The molecule has 0 aliphatic carbocycles. The fraction of sp³-hybridized carbons (Fsp3) is 0.571. The molecule has 3 rings (SSSR count).